The predicted molar refractivity (Wildman–Crippen MR) is 159 cm³/mol. The number of aliphatic hydroxyl groups excluding tert-OH is 1. The molecule has 0 aromatic rings. The molecule has 38 heavy (non-hydrogen) atoms. The zero-order valence-electron chi connectivity index (χ0n) is 24.7. The summed E-state index contributed by atoms with van der Waals surface area (Å²) in [5.41, 5.74) is 0. The topological polar surface area (TPSA) is 60.4 Å². The fourth-order valence-electron chi connectivity index (χ4n) is 3.96. The normalized spacial score (nSPS) is 13.2. The van der Waals surface area contributed by atoms with E-state index in [0.717, 1.165) is 44.9 Å². The van der Waals surface area contributed by atoms with E-state index in [4.69, 9.17) is 0 Å². The molecule has 4 heteroatoms. The molecule has 0 rings (SSSR count). The number of aliphatic carboxylic acids is 1. The van der Waals surface area contributed by atoms with Crippen LogP contribution >= 0.6 is 0 Å². The summed E-state index contributed by atoms with van der Waals surface area (Å²) < 4.78 is 0. The minimum atomic E-state index is -0.915. The minimum absolute atomic E-state index is 0. The Hall–Kier alpha value is -1.13. The average molecular weight is 535 g/mol. The van der Waals surface area contributed by atoms with Crippen molar-refractivity contribution in [3.63, 3.8) is 0 Å². The van der Waals surface area contributed by atoms with Crippen LogP contribution in [-0.4, -0.2) is 17.2 Å². The molecular weight excluding hydrogens is 479 g/mol. The van der Waals surface area contributed by atoms with Crippen LogP contribution in [0.25, 0.3) is 0 Å². The van der Waals surface area contributed by atoms with Gasteiger partial charge >= 0.3 is 29.6 Å². The van der Waals surface area contributed by atoms with E-state index in [1.54, 1.807) is 0 Å². The van der Waals surface area contributed by atoms with Crippen molar-refractivity contribution in [1.29, 1.82) is 0 Å². The van der Waals surface area contributed by atoms with Gasteiger partial charge in [0.05, 0.1) is 6.10 Å². The van der Waals surface area contributed by atoms with Gasteiger partial charge in [-0.25, -0.2) is 0 Å². The maximum Gasteiger partial charge on any atom is 1.00 e. The number of rotatable bonds is 26. The smallest absolute Gasteiger partial charge is 0.550 e. The van der Waals surface area contributed by atoms with Gasteiger partial charge in [-0.05, 0) is 57.8 Å². The van der Waals surface area contributed by atoms with Crippen molar-refractivity contribution in [2.75, 3.05) is 0 Å². The van der Waals surface area contributed by atoms with Crippen molar-refractivity contribution in [3.05, 3.63) is 72.9 Å². The minimum Gasteiger partial charge on any atom is -0.550 e. The van der Waals surface area contributed by atoms with Gasteiger partial charge < -0.3 is 15.0 Å². The SMILES string of the molecule is CC/C=C\C[C@H](O)/C=C/C=C\C/C=C\C/C=C\C/C=C\CCCCCCCCCCCCCCC(=O)[O-].[Na+]. The molecular formula is C34H55NaO3. The number of carbonyl (C=O) groups is 1. The van der Waals surface area contributed by atoms with Crippen LogP contribution in [0.4, 0.5) is 0 Å². The summed E-state index contributed by atoms with van der Waals surface area (Å²) in [7, 11) is 0. The molecule has 0 unspecified atom stereocenters. The molecule has 0 aliphatic heterocycles. The molecule has 0 bridgehead atoms. The van der Waals surface area contributed by atoms with Crippen LogP contribution in [0.2, 0.25) is 0 Å². The fraction of sp³-hybridized carbons (Fsp3) is 0.618. The molecule has 0 heterocycles. The van der Waals surface area contributed by atoms with Crippen molar-refractivity contribution in [2.45, 2.75) is 135 Å². The van der Waals surface area contributed by atoms with Crippen LogP contribution in [0.3, 0.4) is 0 Å². The van der Waals surface area contributed by atoms with Gasteiger partial charge in [-0.2, -0.15) is 0 Å². The Kier molecular flexibility index (Phi) is 34.8. The molecule has 0 aliphatic rings. The maximum atomic E-state index is 10.3. The second-order valence-corrected chi connectivity index (χ2v) is 9.77. The number of hydrogen-bond acceptors (Lipinski definition) is 3. The van der Waals surface area contributed by atoms with Crippen LogP contribution in [-0.2, 0) is 4.79 Å². The molecule has 0 fully saturated rings. The van der Waals surface area contributed by atoms with E-state index in [2.05, 4.69) is 55.5 Å². The van der Waals surface area contributed by atoms with Crippen molar-refractivity contribution >= 4 is 5.97 Å². The van der Waals surface area contributed by atoms with E-state index >= 15 is 0 Å². The van der Waals surface area contributed by atoms with Gasteiger partial charge in [0, 0.05) is 5.97 Å². The summed E-state index contributed by atoms with van der Waals surface area (Å²) in [5, 5.41) is 20.1. The summed E-state index contributed by atoms with van der Waals surface area (Å²) in [6.07, 6.45) is 45.9. The molecule has 0 aromatic heterocycles. The van der Waals surface area contributed by atoms with E-state index in [1.807, 2.05) is 24.3 Å². The van der Waals surface area contributed by atoms with Gasteiger partial charge in [-0.15, -0.1) is 0 Å². The molecule has 0 aromatic carbocycles. The molecule has 210 valence electrons. The standard InChI is InChI=1S/C34H56O3.Na/c1-2-3-27-30-33(35)31-28-25-23-21-19-17-15-13-11-9-7-5-4-6-8-10-12-14-16-18-20-22-24-26-29-32-34(36)37;/h3,5,7,11,13,17,19,23,25,27-28,31,33,35H,2,4,6,8-10,12,14-16,18,20-22,24,26,29-30,32H2,1H3,(H,36,37);/q;+1/p-1/b7-5-,13-11-,19-17-,25-23-,27-3-,31-28+;/t33-;/m0./s1. The Bertz CT molecular complexity index is 673. The van der Waals surface area contributed by atoms with Gasteiger partial charge in [-0.1, -0.05) is 144 Å². The number of carboxylic acids is 1. The Morgan fingerprint density at radius 3 is 1.63 bits per heavy atom. The quantitative estimate of drug-likeness (QED) is 0.0653. The molecule has 3 nitrogen and oxygen atoms in total. The van der Waals surface area contributed by atoms with Crippen LogP contribution in [0.1, 0.15) is 129 Å². The number of unbranched alkanes of at least 4 members (excludes halogenated alkanes) is 12. The number of hydrogen-bond donors (Lipinski definition) is 1. The third-order valence-corrected chi connectivity index (χ3v) is 6.18. The first-order valence-corrected chi connectivity index (χ1v) is 15.0. The number of carboxylic acid groups (broad SMARTS) is 1. The van der Waals surface area contributed by atoms with Gasteiger partial charge in [0.15, 0.2) is 0 Å². The molecule has 0 aliphatic carbocycles. The second kappa shape index (κ2) is 33.9. The number of aliphatic hydroxyl groups is 1. The summed E-state index contributed by atoms with van der Waals surface area (Å²) in [6, 6.07) is 0. The Balaban J connectivity index is 0. The van der Waals surface area contributed by atoms with E-state index in [0.29, 0.717) is 6.42 Å². The largest absolute Gasteiger partial charge is 1.00 e. The Labute approximate surface area is 257 Å². The summed E-state index contributed by atoms with van der Waals surface area (Å²) >= 11 is 0. The molecule has 0 radical (unpaired) electrons. The van der Waals surface area contributed by atoms with Gasteiger partial charge in [0.2, 0.25) is 0 Å². The molecule has 1 atom stereocenters. The van der Waals surface area contributed by atoms with Gasteiger partial charge in [0.1, 0.15) is 0 Å². The fourth-order valence-corrected chi connectivity index (χ4v) is 3.96. The number of carbonyl (C=O) groups excluding carboxylic acids is 1. The maximum absolute atomic E-state index is 10.3. The van der Waals surface area contributed by atoms with Crippen molar-refractivity contribution in [1.82, 2.24) is 0 Å². The van der Waals surface area contributed by atoms with E-state index < -0.39 is 12.1 Å². The van der Waals surface area contributed by atoms with Gasteiger partial charge in [0.25, 0.3) is 0 Å². The van der Waals surface area contributed by atoms with Crippen LogP contribution in [0.5, 0.6) is 0 Å². The Morgan fingerprint density at radius 1 is 0.632 bits per heavy atom. The third kappa shape index (κ3) is 34.9. The third-order valence-electron chi connectivity index (χ3n) is 6.18. The molecule has 0 saturated carbocycles. The van der Waals surface area contributed by atoms with Crippen molar-refractivity contribution in [3.8, 4) is 0 Å². The van der Waals surface area contributed by atoms with Gasteiger partial charge in [-0.3, -0.25) is 0 Å². The van der Waals surface area contributed by atoms with E-state index in [-0.39, 0.29) is 36.0 Å². The van der Waals surface area contributed by atoms with Crippen LogP contribution < -0.4 is 34.7 Å². The monoisotopic (exact) mass is 534 g/mol. The zero-order chi connectivity index (χ0) is 27.1. The first-order chi connectivity index (χ1) is 18.2. The predicted octanol–water partition coefficient (Wildman–Crippen LogP) is 5.87. The summed E-state index contributed by atoms with van der Waals surface area (Å²) in [4.78, 5) is 10.3. The Morgan fingerprint density at radius 2 is 1.11 bits per heavy atom. The summed E-state index contributed by atoms with van der Waals surface area (Å²) in [6.45, 7) is 2.09. The van der Waals surface area contributed by atoms with Crippen molar-refractivity contribution in [2.24, 2.45) is 0 Å². The molecule has 1 N–H and O–H groups in total. The van der Waals surface area contributed by atoms with Crippen LogP contribution in [0, 0.1) is 0 Å². The second-order valence-electron chi connectivity index (χ2n) is 9.77. The van der Waals surface area contributed by atoms with E-state index in [1.165, 1.54) is 64.2 Å². The van der Waals surface area contributed by atoms with Crippen LogP contribution in [0.15, 0.2) is 72.9 Å². The first kappa shape index (κ1) is 39.0. The first-order valence-electron chi connectivity index (χ1n) is 15.0. The van der Waals surface area contributed by atoms with E-state index in [9.17, 15) is 15.0 Å². The molecule has 0 amide bonds. The summed E-state index contributed by atoms with van der Waals surface area (Å²) in [5.74, 6) is -0.915. The average Bonchev–Trinajstić information content (AvgIpc) is 2.88. The molecule has 0 spiro atoms. The van der Waals surface area contributed by atoms with Crippen molar-refractivity contribution < 1.29 is 44.6 Å². The zero-order valence-corrected chi connectivity index (χ0v) is 26.7. The molecule has 0 saturated heterocycles. The number of allylic oxidation sites excluding steroid dienone is 10.